The van der Waals surface area contributed by atoms with E-state index in [0.717, 1.165) is 38.9 Å². The summed E-state index contributed by atoms with van der Waals surface area (Å²) in [6, 6.07) is 0.272. The second-order valence-electron chi connectivity index (χ2n) is 6.72. The number of likely N-dealkylation sites (tertiary alicyclic amines) is 1. The van der Waals surface area contributed by atoms with Crippen molar-refractivity contribution in [3.8, 4) is 0 Å². The van der Waals surface area contributed by atoms with E-state index in [1.165, 1.54) is 17.6 Å². The molecule has 4 rings (SSSR count). The molecule has 1 aliphatic carbocycles. The fourth-order valence-corrected chi connectivity index (χ4v) is 4.51. The van der Waals surface area contributed by atoms with Crippen LogP contribution < -0.4 is 5.32 Å². The molecule has 2 fully saturated rings. The molecule has 0 radical (unpaired) electrons. The van der Waals surface area contributed by atoms with Crippen molar-refractivity contribution in [3.05, 3.63) is 40.9 Å². The molecule has 1 aliphatic heterocycles. The van der Waals surface area contributed by atoms with Crippen LogP contribution in [0, 0.1) is 5.41 Å². The van der Waals surface area contributed by atoms with Crippen LogP contribution in [-0.4, -0.2) is 44.9 Å². The Morgan fingerprint density at radius 1 is 1.25 bits per heavy atom. The van der Waals surface area contributed by atoms with Gasteiger partial charge >= 0.3 is 0 Å². The fourth-order valence-electron chi connectivity index (χ4n) is 3.85. The summed E-state index contributed by atoms with van der Waals surface area (Å²) in [5.41, 5.74) is 0.679. The van der Waals surface area contributed by atoms with Gasteiger partial charge in [0, 0.05) is 30.0 Å². The molecule has 126 valence electrons. The zero-order valence-electron chi connectivity index (χ0n) is 13.5. The second kappa shape index (κ2) is 6.57. The lowest BCUT2D eigenvalue weighted by atomic mass is 9.59. The minimum atomic E-state index is -0.0996. The first-order valence-corrected chi connectivity index (χ1v) is 9.31. The minimum absolute atomic E-state index is 0.0996. The minimum Gasteiger partial charge on any atom is -0.347 e. The maximum atomic E-state index is 12.3. The standard InChI is InChI=1S/C17H21N5OS/c23-16(13-11-18-5-6-19-13)21-14-1-2-17(14)3-8-22(9-4-17)12-15-20-7-10-24-15/h5-7,10-11,14H,1-4,8-9,12H2,(H,21,23)/t14-/m0/s1. The van der Waals surface area contributed by atoms with Crippen molar-refractivity contribution in [1.82, 2.24) is 25.2 Å². The lowest BCUT2D eigenvalue weighted by Gasteiger charge is -2.54. The van der Waals surface area contributed by atoms with E-state index in [1.807, 2.05) is 11.6 Å². The number of carbonyl (C=O) groups excluding carboxylic acids is 1. The van der Waals surface area contributed by atoms with Gasteiger partial charge in [-0.15, -0.1) is 11.3 Å². The number of nitrogens with zero attached hydrogens (tertiary/aromatic N) is 4. The Bertz CT molecular complexity index is 682. The maximum Gasteiger partial charge on any atom is 0.271 e. The Morgan fingerprint density at radius 2 is 2.12 bits per heavy atom. The summed E-state index contributed by atoms with van der Waals surface area (Å²) in [5.74, 6) is -0.0996. The molecule has 1 N–H and O–H groups in total. The van der Waals surface area contributed by atoms with Gasteiger partial charge in [0.2, 0.25) is 0 Å². The van der Waals surface area contributed by atoms with Crippen LogP contribution in [0.1, 0.15) is 41.2 Å². The Morgan fingerprint density at radius 3 is 2.75 bits per heavy atom. The summed E-state index contributed by atoms with van der Waals surface area (Å²) in [7, 11) is 0. The highest BCUT2D eigenvalue weighted by Crippen LogP contribution is 2.49. The van der Waals surface area contributed by atoms with Crippen molar-refractivity contribution in [2.24, 2.45) is 5.41 Å². The molecule has 0 bridgehead atoms. The predicted octanol–water partition coefficient (Wildman–Crippen LogP) is 2.11. The Balaban J connectivity index is 1.33. The molecular weight excluding hydrogens is 322 g/mol. The summed E-state index contributed by atoms with van der Waals surface area (Å²) in [4.78, 5) is 27.2. The quantitative estimate of drug-likeness (QED) is 0.921. The molecule has 1 amide bonds. The lowest BCUT2D eigenvalue weighted by Crippen LogP contribution is -2.59. The predicted molar refractivity (Wildman–Crippen MR) is 91.6 cm³/mol. The van der Waals surface area contributed by atoms with Crippen LogP contribution in [0.15, 0.2) is 30.2 Å². The van der Waals surface area contributed by atoms with E-state index in [-0.39, 0.29) is 17.4 Å². The fraction of sp³-hybridized carbons (Fsp3) is 0.529. The van der Waals surface area contributed by atoms with E-state index in [1.54, 1.807) is 23.7 Å². The third-order valence-electron chi connectivity index (χ3n) is 5.47. The summed E-state index contributed by atoms with van der Waals surface area (Å²) >= 11 is 1.72. The number of rotatable bonds is 4. The van der Waals surface area contributed by atoms with Crippen LogP contribution >= 0.6 is 11.3 Å². The van der Waals surface area contributed by atoms with E-state index in [4.69, 9.17) is 0 Å². The highest BCUT2D eigenvalue weighted by atomic mass is 32.1. The van der Waals surface area contributed by atoms with Crippen molar-refractivity contribution in [3.63, 3.8) is 0 Å². The van der Waals surface area contributed by atoms with Gasteiger partial charge in [-0.3, -0.25) is 14.7 Å². The van der Waals surface area contributed by atoms with Crippen molar-refractivity contribution in [1.29, 1.82) is 0 Å². The van der Waals surface area contributed by atoms with Crippen LogP contribution in [0.5, 0.6) is 0 Å². The Labute approximate surface area is 145 Å². The van der Waals surface area contributed by atoms with E-state index in [2.05, 4.69) is 25.2 Å². The van der Waals surface area contributed by atoms with E-state index in [0.29, 0.717) is 5.69 Å². The Kier molecular flexibility index (Phi) is 4.28. The van der Waals surface area contributed by atoms with Gasteiger partial charge in [0.05, 0.1) is 12.7 Å². The van der Waals surface area contributed by atoms with Crippen LogP contribution in [0.3, 0.4) is 0 Å². The molecule has 1 saturated carbocycles. The average molecular weight is 343 g/mol. The number of nitrogens with one attached hydrogen (secondary N) is 1. The molecule has 1 atom stereocenters. The third-order valence-corrected chi connectivity index (χ3v) is 6.23. The van der Waals surface area contributed by atoms with Gasteiger partial charge in [-0.2, -0.15) is 0 Å². The molecule has 3 heterocycles. The molecule has 2 aliphatic rings. The normalized spacial score (nSPS) is 22.9. The number of thiazole rings is 1. The topological polar surface area (TPSA) is 71.0 Å². The largest absolute Gasteiger partial charge is 0.347 e. The Hall–Kier alpha value is -1.86. The third kappa shape index (κ3) is 3.06. The molecule has 24 heavy (non-hydrogen) atoms. The number of aromatic nitrogens is 3. The molecule has 7 heteroatoms. The monoisotopic (exact) mass is 343 g/mol. The first kappa shape index (κ1) is 15.7. The number of carbonyl (C=O) groups is 1. The summed E-state index contributed by atoms with van der Waals surface area (Å²) in [6.45, 7) is 3.11. The summed E-state index contributed by atoms with van der Waals surface area (Å²) < 4.78 is 0. The number of piperidine rings is 1. The number of hydrogen-bond acceptors (Lipinski definition) is 6. The first-order chi connectivity index (χ1) is 11.8. The molecule has 0 aromatic carbocycles. The van der Waals surface area contributed by atoms with Gasteiger partial charge in [0.15, 0.2) is 0 Å². The van der Waals surface area contributed by atoms with Gasteiger partial charge in [-0.25, -0.2) is 9.97 Å². The molecule has 2 aromatic rings. The highest BCUT2D eigenvalue weighted by Gasteiger charge is 2.48. The van der Waals surface area contributed by atoms with E-state index in [9.17, 15) is 4.79 Å². The molecule has 2 aromatic heterocycles. The average Bonchev–Trinajstić information content (AvgIpc) is 3.13. The first-order valence-electron chi connectivity index (χ1n) is 8.43. The maximum absolute atomic E-state index is 12.3. The van der Waals surface area contributed by atoms with Gasteiger partial charge in [0.1, 0.15) is 10.7 Å². The second-order valence-corrected chi connectivity index (χ2v) is 7.70. The van der Waals surface area contributed by atoms with Gasteiger partial charge in [0.25, 0.3) is 5.91 Å². The van der Waals surface area contributed by atoms with Crippen molar-refractivity contribution >= 4 is 17.2 Å². The molecule has 1 saturated heterocycles. The molecule has 6 nitrogen and oxygen atoms in total. The SMILES string of the molecule is O=C(N[C@H]1CCC12CCN(Cc1nccs1)CC2)c1cnccn1. The lowest BCUT2D eigenvalue weighted by molar-refractivity contribution is -0.00720. The van der Waals surface area contributed by atoms with E-state index >= 15 is 0 Å². The van der Waals surface area contributed by atoms with E-state index < -0.39 is 0 Å². The molecule has 1 spiro atoms. The highest BCUT2D eigenvalue weighted by molar-refractivity contribution is 7.09. The molecular formula is C17H21N5OS. The van der Waals surface area contributed by atoms with Crippen LogP contribution in [-0.2, 0) is 6.54 Å². The zero-order chi connectivity index (χ0) is 16.4. The van der Waals surface area contributed by atoms with Crippen molar-refractivity contribution in [2.75, 3.05) is 13.1 Å². The van der Waals surface area contributed by atoms with Crippen LogP contribution in [0.4, 0.5) is 0 Å². The number of amides is 1. The summed E-state index contributed by atoms with van der Waals surface area (Å²) in [5, 5.41) is 6.40. The van der Waals surface area contributed by atoms with Crippen molar-refractivity contribution in [2.45, 2.75) is 38.3 Å². The van der Waals surface area contributed by atoms with Gasteiger partial charge in [-0.1, -0.05) is 0 Å². The zero-order valence-corrected chi connectivity index (χ0v) is 14.3. The number of hydrogen-bond donors (Lipinski definition) is 1. The smallest absolute Gasteiger partial charge is 0.271 e. The van der Waals surface area contributed by atoms with Gasteiger partial charge < -0.3 is 5.32 Å². The molecule has 0 unspecified atom stereocenters. The van der Waals surface area contributed by atoms with Crippen LogP contribution in [0.2, 0.25) is 0 Å². The van der Waals surface area contributed by atoms with Gasteiger partial charge in [-0.05, 0) is 44.2 Å². The van der Waals surface area contributed by atoms with Crippen molar-refractivity contribution < 1.29 is 4.79 Å². The van der Waals surface area contributed by atoms with Crippen LogP contribution in [0.25, 0.3) is 0 Å². The summed E-state index contributed by atoms with van der Waals surface area (Å²) in [6.07, 6.45) is 11.1.